The van der Waals surface area contributed by atoms with E-state index in [0.29, 0.717) is 28.4 Å². The molecule has 0 bridgehead atoms. The second-order valence-corrected chi connectivity index (χ2v) is 5.84. The maximum Gasteiger partial charge on any atom is 0.255 e. The van der Waals surface area contributed by atoms with E-state index < -0.39 is 0 Å². The normalized spacial score (nSPS) is 10.1. The van der Waals surface area contributed by atoms with Gasteiger partial charge in [0.1, 0.15) is 5.75 Å². The number of hydrogen-bond acceptors (Lipinski definition) is 4. The Kier molecular flexibility index (Phi) is 5.47. The van der Waals surface area contributed by atoms with Gasteiger partial charge in [-0.15, -0.1) is 0 Å². The fourth-order valence-electron chi connectivity index (χ4n) is 2.61. The lowest BCUT2D eigenvalue weighted by molar-refractivity contribution is -0.114. The van der Waals surface area contributed by atoms with Gasteiger partial charge in [-0.1, -0.05) is 18.2 Å². The summed E-state index contributed by atoms with van der Waals surface area (Å²) in [5.41, 5.74) is 3.24. The first-order valence-corrected chi connectivity index (χ1v) is 8.35. The van der Waals surface area contributed by atoms with Crippen LogP contribution in [0.5, 0.6) is 5.75 Å². The molecule has 0 saturated heterocycles. The Morgan fingerprint density at radius 1 is 0.963 bits per heavy atom. The van der Waals surface area contributed by atoms with Crippen molar-refractivity contribution in [3.63, 3.8) is 0 Å². The van der Waals surface area contributed by atoms with Gasteiger partial charge in [-0.05, 0) is 36.4 Å². The fraction of sp³-hybridized carbons (Fsp3) is 0.0952. The molecule has 0 aliphatic rings. The molecule has 1 heterocycles. The number of benzene rings is 2. The Morgan fingerprint density at radius 2 is 1.74 bits per heavy atom. The van der Waals surface area contributed by atoms with Gasteiger partial charge in [-0.25, -0.2) is 0 Å². The van der Waals surface area contributed by atoms with Crippen molar-refractivity contribution < 1.29 is 14.3 Å². The van der Waals surface area contributed by atoms with E-state index in [1.165, 1.54) is 6.92 Å². The van der Waals surface area contributed by atoms with Crippen molar-refractivity contribution in [2.75, 3.05) is 17.7 Å². The highest BCUT2D eigenvalue weighted by Gasteiger charge is 2.10. The van der Waals surface area contributed by atoms with Crippen molar-refractivity contribution in [2.24, 2.45) is 0 Å². The van der Waals surface area contributed by atoms with Crippen LogP contribution in [0, 0.1) is 0 Å². The number of rotatable bonds is 5. The molecule has 1 aromatic heterocycles. The largest absolute Gasteiger partial charge is 0.497 e. The number of pyridine rings is 1. The number of ether oxygens (including phenoxy) is 1. The second kappa shape index (κ2) is 8.14. The summed E-state index contributed by atoms with van der Waals surface area (Å²) >= 11 is 0. The topological polar surface area (TPSA) is 80.3 Å². The van der Waals surface area contributed by atoms with Gasteiger partial charge in [0, 0.05) is 36.0 Å². The van der Waals surface area contributed by atoms with E-state index in [1.807, 2.05) is 12.1 Å². The minimum absolute atomic E-state index is 0.168. The fourth-order valence-corrected chi connectivity index (χ4v) is 2.61. The number of carbonyl (C=O) groups is 2. The first kappa shape index (κ1) is 18.1. The number of nitrogens with zero attached hydrogens (tertiary/aromatic N) is 1. The van der Waals surface area contributed by atoms with Crippen molar-refractivity contribution in [2.45, 2.75) is 6.92 Å². The van der Waals surface area contributed by atoms with Gasteiger partial charge in [-0.3, -0.25) is 14.6 Å². The van der Waals surface area contributed by atoms with Gasteiger partial charge in [0.15, 0.2) is 0 Å². The molecular formula is C21H19N3O3. The summed E-state index contributed by atoms with van der Waals surface area (Å²) in [6, 6.07) is 17.7. The number of anilines is 2. The summed E-state index contributed by atoms with van der Waals surface area (Å²) in [5.74, 6) is 0.278. The average molecular weight is 361 g/mol. The summed E-state index contributed by atoms with van der Waals surface area (Å²) in [4.78, 5) is 28.1. The molecule has 0 atom stereocenters. The summed E-state index contributed by atoms with van der Waals surface area (Å²) < 4.78 is 5.16. The molecule has 0 spiro atoms. The maximum absolute atomic E-state index is 12.4. The third-order valence-electron chi connectivity index (χ3n) is 3.87. The Morgan fingerprint density at radius 3 is 2.44 bits per heavy atom. The Hall–Kier alpha value is -3.67. The van der Waals surface area contributed by atoms with Crippen molar-refractivity contribution >= 4 is 23.2 Å². The molecular weight excluding hydrogens is 342 g/mol. The molecule has 3 rings (SSSR count). The van der Waals surface area contributed by atoms with E-state index in [9.17, 15) is 9.59 Å². The number of methoxy groups -OCH3 is 1. The molecule has 3 aromatic rings. The molecule has 0 aliphatic carbocycles. The highest BCUT2D eigenvalue weighted by Crippen LogP contribution is 2.26. The van der Waals surface area contributed by atoms with Gasteiger partial charge in [0.05, 0.1) is 18.5 Å². The molecule has 0 unspecified atom stereocenters. The van der Waals surface area contributed by atoms with Crippen LogP contribution in [0.15, 0.2) is 66.9 Å². The van der Waals surface area contributed by atoms with Crippen molar-refractivity contribution in [3.8, 4) is 17.0 Å². The second-order valence-electron chi connectivity index (χ2n) is 5.84. The minimum Gasteiger partial charge on any atom is -0.497 e. The number of carbonyl (C=O) groups excluding carboxylic acids is 2. The van der Waals surface area contributed by atoms with Crippen molar-refractivity contribution in [1.82, 2.24) is 4.98 Å². The predicted octanol–water partition coefficient (Wildman–Crippen LogP) is 3.97. The average Bonchev–Trinajstić information content (AvgIpc) is 2.68. The summed E-state index contributed by atoms with van der Waals surface area (Å²) in [6.07, 6.45) is 1.66. The third-order valence-corrected chi connectivity index (χ3v) is 3.87. The molecule has 2 N–H and O–H groups in total. The van der Waals surface area contributed by atoms with Crippen LogP contribution in [-0.2, 0) is 4.79 Å². The summed E-state index contributed by atoms with van der Waals surface area (Å²) in [5, 5.41) is 5.60. The van der Waals surface area contributed by atoms with Crippen LogP contribution in [0.1, 0.15) is 17.3 Å². The van der Waals surface area contributed by atoms with Crippen LogP contribution in [0.4, 0.5) is 11.4 Å². The zero-order valence-corrected chi connectivity index (χ0v) is 15.0. The Balaban J connectivity index is 1.79. The van der Waals surface area contributed by atoms with Crippen LogP contribution in [0.2, 0.25) is 0 Å². The summed E-state index contributed by atoms with van der Waals surface area (Å²) in [7, 11) is 1.58. The van der Waals surface area contributed by atoms with Gasteiger partial charge in [0.25, 0.3) is 5.91 Å². The van der Waals surface area contributed by atoms with Crippen LogP contribution >= 0.6 is 0 Å². The van der Waals surface area contributed by atoms with Crippen LogP contribution < -0.4 is 15.4 Å². The van der Waals surface area contributed by atoms with E-state index >= 15 is 0 Å². The SMILES string of the molecule is COc1cccc(NC(=O)c2ccc(-c3ncccc3NC(C)=O)cc2)c1. The Bertz CT molecular complexity index is 968. The third kappa shape index (κ3) is 4.49. The lowest BCUT2D eigenvalue weighted by Gasteiger charge is -2.10. The molecule has 0 radical (unpaired) electrons. The van der Waals surface area contributed by atoms with Gasteiger partial charge >= 0.3 is 0 Å². The van der Waals surface area contributed by atoms with Gasteiger partial charge < -0.3 is 15.4 Å². The van der Waals surface area contributed by atoms with E-state index in [2.05, 4.69) is 15.6 Å². The van der Waals surface area contributed by atoms with E-state index in [-0.39, 0.29) is 11.8 Å². The number of hydrogen-bond donors (Lipinski definition) is 2. The molecule has 136 valence electrons. The molecule has 0 saturated carbocycles. The monoisotopic (exact) mass is 361 g/mol. The van der Waals surface area contributed by atoms with Crippen LogP contribution in [-0.4, -0.2) is 23.9 Å². The minimum atomic E-state index is -0.224. The van der Waals surface area contributed by atoms with E-state index in [1.54, 1.807) is 61.8 Å². The van der Waals surface area contributed by atoms with E-state index in [0.717, 1.165) is 5.56 Å². The van der Waals surface area contributed by atoms with E-state index in [4.69, 9.17) is 4.74 Å². The quantitative estimate of drug-likeness (QED) is 0.721. The van der Waals surface area contributed by atoms with Crippen molar-refractivity contribution in [1.29, 1.82) is 0 Å². The van der Waals surface area contributed by atoms with Gasteiger partial charge in [0.2, 0.25) is 5.91 Å². The lowest BCUT2D eigenvalue weighted by atomic mass is 10.1. The van der Waals surface area contributed by atoms with Gasteiger partial charge in [-0.2, -0.15) is 0 Å². The Labute approximate surface area is 157 Å². The smallest absolute Gasteiger partial charge is 0.255 e. The zero-order chi connectivity index (χ0) is 19.2. The van der Waals surface area contributed by atoms with Crippen LogP contribution in [0.3, 0.4) is 0 Å². The standard InChI is InChI=1S/C21H19N3O3/c1-14(25)23-19-7-4-12-22-20(19)15-8-10-16(11-9-15)21(26)24-17-5-3-6-18(13-17)27-2/h3-13H,1-2H3,(H,23,25)(H,24,26). The molecule has 0 aliphatic heterocycles. The zero-order valence-electron chi connectivity index (χ0n) is 15.0. The molecule has 2 aromatic carbocycles. The lowest BCUT2D eigenvalue weighted by Crippen LogP contribution is -2.11. The van der Waals surface area contributed by atoms with Crippen LogP contribution in [0.25, 0.3) is 11.3 Å². The predicted molar refractivity (Wildman–Crippen MR) is 105 cm³/mol. The van der Waals surface area contributed by atoms with Crippen molar-refractivity contribution in [3.05, 3.63) is 72.4 Å². The molecule has 6 nitrogen and oxygen atoms in total. The number of nitrogens with one attached hydrogen (secondary N) is 2. The maximum atomic E-state index is 12.4. The highest BCUT2D eigenvalue weighted by molar-refractivity contribution is 6.04. The highest BCUT2D eigenvalue weighted by atomic mass is 16.5. The molecule has 0 fully saturated rings. The first-order valence-electron chi connectivity index (χ1n) is 8.35. The molecule has 27 heavy (non-hydrogen) atoms. The summed E-state index contributed by atoms with van der Waals surface area (Å²) in [6.45, 7) is 1.45. The molecule has 2 amide bonds. The number of amides is 2. The first-order chi connectivity index (χ1) is 13.1. The number of aromatic nitrogens is 1. The molecule has 6 heteroatoms.